The van der Waals surface area contributed by atoms with Crippen LogP contribution in [0.25, 0.3) is 0 Å². The quantitative estimate of drug-likeness (QED) is 0.926. The lowest BCUT2D eigenvalue weighted by atomic mass is 9.99. The van der Waals surface area contributed by atoms with Crippen molar-refractivity contribution >= 4 is 21.7 Å². The summed E-state index contributed by atoms with van der Waals surface area (Å²) in [6.45, 7) is 4.28. The van der Waals surface area contributed by atoms with Gasteiger partial charge in [-0.05, 0) is 74.3 Å². The first-order valence-corrected chi connectivity index (χ1v) is 7.56. The smallest absolute Gasteiger partial charge is 0.129 e. The Bertz CT molecular complexity index is 395. The Kier molecular flexibility index (Phi) is 5.01. The number of rotatable bonds is 4. The second kappa shape index (κ2) is 6.53. The van der Waals surface area contributed by atoms with Crippen molar-refractivity contribution in [1.29, 1.82) is 0 Å². The van der Waals surface area contributed by atoms with Crippen molar-refractivity contribution in [2.24, 2.45) is 0 Å². The third-order valence-electron chi connectivity index (χ3n) is 3.66. The highest BCUT2D eigenvalue weighted by atomic mass is 79.9. The molecule has 1 atom stereocenters. The topological polar surface area (TPSA) is 28.2 Å². The second-order valence-electron chi connectivity index (χ2n) is 4.97. The van der Waals surface area contributed by atoms with E-state index in [1.807, 2.05) is 7.05 Å². The average molecular weight is 312 g/mol. The number of hydrogen-bond acceptors (Lipinski definition) is 3. The summed E-state index contributed by atoms with van der Waals surface area (Å²) in [5.74, 6) is 1.14. The van der Waals surface area contributed by atoms with Gasteiger partial charge in [0, 0.05) is 17.1 Å². The molecule has 2 rings (SSSR count). The molecule has 1 saturated heterocycles. The van der Waals surface area contributed by atoms with E-state index in [0.29, 0.717) is 6.04 Å². The molecule has 1 unspecified atom stereocenters. The van der Waals surface area contributed by atoms with E-state index in [9.17, 15) is 0 Å². The van der Waals surface area contributed by atoms with Crippen LogP contribution in [0.2, 0.25) is 0 Å². The highest BCUT2D eigenvalue weighted by Crippen LogP contribution is 2.26. The van der Waals surface area contributed by atoms with E-state index in [1.165, 1.54) is 25.7 Å². The van der Waals surface area contributed by atoms with Crippen LogP contribution in [0.1, 0.15) is 31.4 Å². The van der Waals surface area contributed by atoms with Gasteiger partial charge >= 0.3 is 0 Å². The van der Waals surface area contributed by atoms with Crippen LogP contribution >= 0.6 is 15.9 Å². The fourth-order valence-corrected chi connectivity index (χ4v) is 2.82. The molecule has 2 heterocycles. The third-order valence-corrected chi connectivity index (χ3v) is 4.49. The molecular formula is C14H22BrN3. The lowest BCUT2D eigenvalue weighted by Crippen LogP contribution is -2.41. The molecule has 0 amide bonds. The minimum atomic E-state index is 0.638. The van der Waals surface area contributed by atoms with Crippen LogP contribution in [0.15, 0.2) is 16.6 Å². The van der Waals surface area contributed by atoms with Crippen LogP contribution < -0.4 is 10.2 Å². The lowest BCUT2D eigenvalue weighted by Gasteiger charge is -2.37. The van der Waals surface area contributed by atoms with Gasteiger partial charge in [-0.1, -0.05) is 0 Å². The molecule has 3 nitrogen and oxygen atoms in total. The Morgan fingerprint density at radius 2 is 2.28 bits per heavy atom. The Morgan fingerprint density at radius 3 is 3.00 bits per heavy atom. The number of aromatic nitrogens is 1. The third kappa shape index (κ3) is 3.23. The Morgan fingerprint density at radius 1 is 1.44 bits per heavy atom. The van der Waals surface area contributed by atoms with Gasteiger partial charge in [0.1, 0.15) is 5.82 Å². The molecule has 0 aromatic carbocycles. The standard InChI is InChI=1S/C14H22BrN3/c1-11-13(15)6-7-14(17-11)18-10-4-3-5-12(18)8-9-16-2/h6-7,12,16H,3-5,8-10H2,1-2H3. The normalized spacial score (nSPS) is 20.2. The van der Waals surface area contributed by atoms with E-state index in [0.717, 1.165) is 29.1 Å². The van der Waals surface area contributed by atoms with Crippen LogP contribution in [0.4, 0.5) is 5.82 Å². The summed E-state index contributed by atoms with van der Waals surface area (Å²) in [6, 6.07) is 4.88. The first kappa shape index (κ1) is 13.8. The maximum atomic E-state index is 4.71. The van der Waals surface area contributed by atoms with E-state index in [-0.39, 0.29) is 0 Å². The van der Waals surface area contributed by atoms with Gasteiger partial charge in [-0.3, -0.25) is 0 Å². The number of nitrogens with one attached hydrogen (secondary N) is 1. The number of piperidine rings is 1. The summed E-state index contributed by atoms with van der Waals surface area (Å²) >= 11 is 3.52. The molecule has 0 aliphatic carbocycles. The molecule has 0 bridgehead atoms. The van der Waals surface area contributed by atoms with Gasteiger partial charge in [-0.25, -0.2) is 4.98 Å². The molecule has 0 spiro atoms. The Hall–Kier alpha value is -0.610. The minimum Gasteiger partial charge on any atom is -0.354 e. The van der Waals surface area contributed by atoms with Crippen LogP contribution in [-0.4, -0.2) is 31.2 Å². The highest BCUT2D eigenvalue weighted by molar-refractivity contribution is 9.10. The van der Waals surface area contributed by atoms with Crippen molar-refractivity contribution in [2.75, 3.05) is 25.0 Å². The van der Waals surface area contributed by atoms with E-state index in [2.05, 4.69) is 45.2 Å². The number of nitrogens with zero attached hydrogens (tertiary/aromatic N) is 2. The molecule has 1 aliphatic rings. The predicted octanol–water partition coefficient (Wildman–Crippen LogP) is 3.12. The molecule has 18 heavy (non-hydrogen) atoms. The number of pyridine rings is 1. The van der Waals surface area contributed by atoms with E-state index < -0.39 is 0 Å². The zero-order valence-electron chi connectivity index (χ0n) is 11.2. The first-order valence-electron chi connectivity index (χ1n) is 6.76. The van der Waals surface area contributed by atoms with Crippen molar-refractivity contribution in [1.82, 2.24) is 10.3 Å². The van der Waals surface area contributed by atoms with Crippen molar-refractivity contribution < 1.29 is 0 Å². The van der Waals surface area contributed by atoms with Crippen molar-refractivity contribution in [2.45, 2.75) is 38.6 Å². The summed E-state index contributed by atoms with van der Waals surface area (Å²) in [6.07, 6.45) is 5.12. The maximum Gasteiger partial charge on any atom is 0.129 e. The number of anilines is 1. The van der Waals surface area contributed by atoms with Crippen molar-refractivity contribution in [3.63, 3.8) is 0 Å². The van der Waals surface area contributed by atoms with Gasteiger partial charge in [0.05, 0.1) is 5.69 Å². The molecular weight excluding hydrogens is 290 g/mol. The molecule has 1 aromatic rings. The van der Waals surface area contributed by atoms with Crippen LogP contribution in [0, 0.1) is 6.92 Å². The van der Waals surface area contributed by atoms with Crippen LogP contribution in [0.5, 0.6) is 0 Å². The summed E-state index contributed by atoms with van der Waals surface area (Å²) in [5.41, 5.74) is 1.07. The second-order valence-corrected chi connectivity index (χ2v) is 5.83. The molecule has 0 radical (unpaired) electrons. The Labute approximate surface area is 118 Å². The average Bonchev–Trinajstić information content (AvgIpc) is 2.40. The molecule has 0 saturated carbocycles. The minimum absolute atomic E-state index is 0.638. The summed E-state index contributed by atoms with van der Waals surface area (Å²) < 4.78 is 1.09. The maximum absolute atomic E-state index is 4.71. The van der Waals surface area contributed by atoms with Crippen LogP contribution in [-0.2, 0) is 0 Å². The van der Waals surface area contributed by atoms with Crippen molar-refractivity contribution in [3.05, 3.63) is 22.3 Å². The van der Waals surface area contributed by atoms with Gasteiger partial charge in [0.25, 0.3) is 0 Å². The predicted molar refractivity (Wildman–Crippen MR) is 80.2 cm³/mol. The molecule has 100 valence electrons. The molecule has 4 heteroatoms. The number of hydrogen-bond donors (Lipinski definition) is 1. The van der Waals surface area contributed by atoms with E-state index >= 15 is 0 Å². The first-order chi connectivity index (χ1) is 8.72. The van der Waals surface area contributed by atoms with E-state index in [1.54, 1.807) is 0 Å². The monoisotopic (exact) mass is 311 g/mol. The SMILES string of the molecule is CNCCC1CCCCN1c1ccc(Br)c(C)n1. The van der Waals surface area contributed by atoms with Crippen LogP contribution in [0.3, 0.4) is 0 Å². The summed E-state index contributed by atoms with van der Waals surface area (Å²) in [5, 5.41) is 3.25. The lowest BCUT2D eigenvalue weighted by molar-refractivity contribution is 0.430. The zero-order chi connectivity index (χ0) is 13.0. The largest absolute Gasteiger partial charge is 0.354 e. The number of halogens is 1. The van der Waals surface area contributed by atoms with Gasteiger partial charge in [-0.15, -0.1) is 0 Å². The van der Waals surface area contributed by atoms with Gasteiger partial charge in [0.15, 0.2) is 0 Å². The van der Waals surface area contributed by atoms with Gasteiger partial charge in [-0.2, -0.15) is 0 Å². The molecule has 1 aromatic heterocycles. The molecule has 1 N–H and O–H groups in total. The summed E-state index contributed by atoms with van der Waals surface area (Å²) in [4.78, 5) is 7.20. The van der Waals surface area contributed by atoms with Gasteiger partial charge < -0.3 is 10.2 Å². The Balaban J connectivity index is 2.14. The highest BCUT2D eigenvalue weighted by Gasteiger charge is 2.23. The van der Waals surface area contributed by atoms with Gasteiger partial charge in [0.2, 0.25) is 0 Å². The fourth-order valence-electron chi connectivity index (χ4n) is 2.60. The van der Waals surface area contributed by atoms with Crippen molar-refractivity contribution in [3.8, 4) is 0 Å². The zero-order valence-corrected chi connectivity index (χ0v) is 12.8. The molecule has 1 aliphatic heterocycles. The fraction of sp³-hybridized carbons (Fsp3) is 0.643. The summed E-state index contributed by atoms with van der Waals surface area (Å²) in [7, 11) is 2.02. The number of aryl methyl sites for hydroxylation is 1. The molecule has 1 fully saturated rings. The van der Waals surface area contributed by atoms with E-state index in [4.69, 9.17) is 4.98 Å².